The van der Waals surface area contributed by atoms with Crippen molar-refractivity contribution in [2.75, 3.05) is 13.2 Å². The molecule has 0 spiro atoms. The molecule has 4 N–H and O–H groups in total. The number of aromatic hydroxyl groups is 1. The number of unbranched alkanes of at least 4 members (excludes halogenated alkanes) is 4. The van der Waals surface area contributed by atoms with Gasteiger partial charge in [-0.3, -0.25) is 19.2 Å². The van der Waals surface area contributed by atoms with Crippen molar-refractivity contribution < 1.29 is 43.6 Å². The van der Waals surface area contributed by atoms with Crippen LogP contribution in [0.1, 0.15) is 104 Å². The first kappa shape index (κ1) is 41.6. The van der Waals surface area contributed by atoms with Crippen molar-refractivity contribution in [2.24, 2.45) is 5.41 Å². The molecule has 12 nitrogen and oxygen atoms in total. The predicted molar refractivity (Wildman–Crippen MR) is 217 cm³/mol. The number of esters is 1. The van der Waals surface area contributed by atoms with Crippen LogP contribution in [0.2, 0.25) is 0 Å². The summed E-state index contributed by atoms with van der Waals surface area (Å²) in [6.45, 7) is 4.62. The van der Waals surface area contributed by atoms with E-state index in [9.17, 15) is 19.5 Å². The van der Waals surface area contributed by atoms with Gasteiger partial charge in [0.2, 0.25) is 5.91 Å². The third kappa shape index (κ3) is 8.72. The number of rotatable bonds is 19. The molecule has 2 amide bonds. The Balaban J connectivity index is 1.15. The smallest absolute Gasteiger partial charge is 0.327 e. The highest BCUT2D eigenvalue weighted by Gasteiger charge is 2.76. The highest BCUT2D eigenvalue weighted by molar-refractivity contribution is 5.95. The van der Waals surface area contributed by atoms with Crippen LogP contribution in [0, 0.1) is 5.41 Å². The number of benzene rings is 3. The van der Waals surface area contributed by atoms with Crippen LogP contribution in [-0.4, -0.2) is 82.5 Å². The lowest BCUT2D eigenvalue weighted by Crippen LogP contribution is -2.69. The lowest BCUT2D eigenvalue weighted by Gasteiger charge is -2.48. The normalized spacial score (nSPS) is 25.7. The van der Waals surface area contributed by atoms with E-state index < -0.39 is 47.6 Å². The molecule has 6 atom stereocenters. The second-order valence-electron chi connectivity index (χ2n) is 16.1. The van der Waals surface area contributed by atoms with Crippen LogP contribution in [0.5, 0.6) is 5.75 Å². The summed E-state index contributed by atoms with van der Waals surface area (Å²) in [6.07, 6.45) is 9.48. The van der Waals surface area contributed by atoms with E-state index in [2.05, 4.69) is 24.5 Å². The summed E-state index contributed by atoms with van der Waals surface area (Å²) in [5, 5.41) is 26.7. The largest absolute Gasteiger partial charge is 0.508 e. The summed E-state index contributed by atoms with van der Waals surface area (Å²) in [4.78, 5) is 48.5. The molecule has 4 aliphatic rings. The van der Waals surface area contributed by atoms with Crippen LogP contribution in [-0.2, 0) is 48.1 Å². The fourth-order valence-electron chi connectivity index (χ4n) is 9.06. The van der Waals surface area contributed by atoms with Gasteiger partial charge >= 0.3 is 5.97 Å². The van der Waals surface area contributed by atoms with Crippen LogP contribution >= 0.6 is 0 Å². The number of hydrogen-bond donors (Lipinski definition) is 4. The van der Waals surface area contributed by atoms with E-state index in [-0.39, 0.29) is 50.2 Å². The predicted octanol–water partition coefficient (Wildman–Crippen LogP) is 6.13. The molecule has 7 rings (SSSR count). The first-order valence-electron chi connectivity index (χ1n) is 21.0. The number of ether oxygens (including phenoxy) is 3. The molecule has 3 saturated heterocycles. The van der Waals surface area contributed by atoms with Crippen molar-refractivity contribution >= 4 is 23.9 Å². The molecule has 310 valence electrons. The molecule has 12 heteroatoms. The minimum atomic E-state index is -1.34. The third-order valence-corrected chi connectivity index (χ3v) is 12.0. The van der Waals surface area contributed by atoms with Crippen molar-refractivity contribution in [1.29, 1.82) is 0 Å². The Bertz CT molecular complexity index is 1930. The first-order valence-corrected chi connectivity index (χ1v) is 21.0. The number of phenolic OH excluding ortho intramolecular Hbond substituents is 1. The third-order valence-electron chi connectivity index (χ3n) is 12.0. The molecule has 58 heavy (non-hydrogen) atoms. The van der Waals surface area contributed by atoms with Gasteiger partial charge in [0.1, 0.15) is 35.6 Å². The molecule has 3 aromatic carbocycles. The number of aliphatic hydroxyl groups excluding tert-OH is 1. The SMILES string of the molecule is CCCCCC1(CCCCC)O[C@@H]2[C@H](O1)[C@H]1ON(Cc3ccc(C=CCc4ccccc4O)cc3)[C@@H]3C(=O)O[C@@H]2C[C@]13C(=O)NCc1cccc(C(=O)NCCO)c1. The Labute approximate surface area is 340 Å². The summed E-state index contributed by atoms with van der Waals surface area (Å²) in [5.41, 5.74) is 2.47. The number of hydroxylamine groups is 2. The Hall–Kier alpha value is -4.59. The highest BCUT2D eigenvalue weighted by Crippen LogP contribution is 2.58. The minimum Gasteiger partial charge on any atom is -0.508 e. The number of nitrogens with zero attached hydrogens (tertiary/aromatic N) is 1. The lowest BCUT2D eigenvalue weighted by atomic mass is 9.62. The van der Waals surface area contributed by atoms with Crippen molar-refractivity contribution in [3.05, 3.63) is 107 Å². The number of para-hydroxylation sites is 1. The van der Waals surface area contributed by atoms with Gasteiger partial charge in [0.15, 0.2) is 11.8 Å². The van der Waals surface area contributed by atoms with Crippen LogP contribution in [0.3, 0.4) is 0 Å². The highest BCUT2D eigenvalue weighted by atomic mass is 16.8. The van der Waals surface area contributed by atoms with Gasteiger partial charge in [0.25, 0.3) is 5.91 Å². The summed E-state index contributed by atoms with van der Waals surface area (Å²) < 4.78 is 20.1. The maximum Gasteiger partial charge on any atom is 0.327 e. The number of hydrogen-bond acceptors (Lipinski definition) is 10. The standard InChI is InChI=1S/C46H57N3O9/c1-3-5-9-23-45(24-10-6-4-2)56-38-37-28-46(44(54)48-29-33-14-12-17-35(27-33)42(52)47-25-26-50)40(43(53)55-37)49(58-41(46)39(38)57-45)30-32-21-19-31(20-22-32)13-11-16-34-15-7-8-18-36(34)51/h7-8,11-15,17-22,27,37-41,50-51H,3-6,9-10,16,23-26,28-30H2,1-2H3,(H,47,52)(H,48,54)/t37-,38+,39+,40-,41-,46-/m1/s1. The minimum absolute atomic E-state index is 0.114. The Morgan fingerprint density at radius 3 is 2.36 bits per heavy atom. The number of nitrogens with one attached hydrogen (secondary N) is 2. The molecular weight excluding hydrogens is 739 g/mol. The Kier molecular flexibility index (Phi) is 13.3. The number of amides is 2. The molecule has 3 aromatic rings. The van der Waals surface area contributed by atoms with Crippen molar-refractivity contribution in [1.82, 2.24) is 15.7 Å². The fraction of sp³-hybridized carbons (Fsp3) is 0.500. The van der Waals surface area contributed by atoms with E-state index in [0.717, 1.165) is 55.2 Å². The quantitative estimate of drug-likeness (QED) is 0.0823. The lowest BCUT2D eigenvalue weighted by molar-refractivity contribution is -0.224. The maximum atomic E-state index is 14.9. The second kappa shape index (κ2) is 18.6. The molecule has 0 radical (unpaired) electrons. The molecule has 0 aromatic heterocycles. The molecular formula is C46H57N3O9. The molecule has 1 saturated carbocycles. The van der Waals surface area contributed by atoms with Gasteiger partial charge in [0, 0.05) is 37.9 Å². The summed E-state index contributed by atoms with van der Waals surface area (Å²) in [5.74, 6) is -1.80. The molecule has 2 bridgehead atoms. The van der Waals surface area contributed by atoms with Crippen LogP contribution in [0.4, 0.5) is 0 Å². The van der Waals surface area contributed by atoms with Crippen LogP contribution in [0.15, 0.2) is 78.9 Å². The summed E-state index contributed by atoms with van der Waals surface area (Å²) in [7, 11) is 0. The zero-order chi connectivity index (χ0) is 40.7. The van der Waals surface area contributed by atoms with Gasteiger partial charge in [-0.1, -0.05) is 106 Å². The van der Waals surface area contributed by atoms with Crippen molar-refractivity contribution in [3.63, 3.8) is 0 Å². The summed E-state index contributed by atoms with van der Waals surface area (Å²) in [6, 6.07) is 21.1. The molecule has 1 aliphatic carbocycles. The Morgan fingerprint density at radius 2 is 1.64 bits per heavy atom. The topological polar surface area (TPSA) is 156 Å². The number of carbonyl (C=O) groups is 3. The van der Waals surface area contributed by atoms with E-state index in [1.807, 2.05) is 54.6 Å². The van der Waals surface area contributed by atoms with Gasteiger partial charge < -0.3 is 35.1 Å². The van der Waals surface area contributed by atoms with E-state index in [4.69, 9.17) is 24.2 Å². The van der Waals surface area contributed by atoms with E-state index >= 15 is 0 Å². The number of fused-ring (bicyclic) bond motifs is 4. The first-order chi connectivity index (χ1) is 28.2. The van der Waals surface area contributed by atoms with E-state index in [0.29, 0.717) is 30.4 Å². The second-order valence-corrected chi connectivity index (χ2v) is 16.1. The van der Waals surface area contributed by atoms with E-state index in [1.165, 1.54) is 0 Å². The zero-order valence-corrected chi connectivity index (χ0v) is 33.6. The molecule has 3 heterocycles. The van der Waals surface area contributed by atoms with Crippen LogP contribution < -0.4 is 10.6 Å². The van der Waals surface area contributed by atoms with Gasteiger partial charge in [-0.15, -0.1) is 0 Å². The number of aliphatic hydroxyl groups is 1. The van der Waals surface area contributed by atoms with Crippen molar-refractivity contribution in [2.45, 2.75) is 127 Å². The molecule has 4 fully saturated rings. The van der Waals surface area contributed by atoms with Gasteiger partial charge in [-0.2, -0.15) is 5.06 Å². The van der Waals surface area contributed by atoms with Gasteiger partial charge in [-0.05, 0) is 59.7 Å². The Morgan fingerprint density at radius 1 is 0.897 bits per heavy atom. The summed E-state index contributed by atoms with van der Waals surface area (Å²) >= 11 is 0. The number of phenols is 1. The number of carbonyl (C=O) groups excluding carboxylic acids is 3. The van der Waals surface area contributed by atoms with Gasteiger partial charge in [0.05, 0.1) is 13.2 Å². The van der Waals surface area contributed by atoms with Crippen LogP contribution in [0.25, 0.3) is 6.08 Å². The van der Waals surface area contributed by atoms with Crippen molar-refractivity contribution in [3.8, 4) is 5.75 Å². The monoisotopic (exact) mass is 795 g/mol. The average molecular weight is 796 g/mol. The van der Waals surface area contributed by atoms with E-state index in [1.54, 1.807) is 35.4 Å². The van der Waals surface area contributed by atoms with Gasteiger partial charge in [-0.25, -0.2) is 0 Å². The fourth-order valence-corrected chi connectivity index (χ4v) is 9.06. The average Bonchev–Trinajstić information content (AvgIpc) is 3.79. The molecule has 0 unspecified atom stereocenters. The number of allylic oxidation sites excluding steroid dienone is 1. The maximum absolute atomic E-state index is 14.9. The zero-order valence-electron chi connectivity index (χ0n) is 33.6. The molecule has 3 aliphatic heterocycles.